The fraction of sp³-hybridized carbons (Fsp3) is 0.316. The summed E-state index contributed by atoms with van der Waals surface area (Å²) in [5.41, 5.74) is 1.05. The van der Waals surface area contributed by atoms with Gasteiger partial charge in [-0.25, -0.2) is 0 Å². The summed E-state index contributed by atoms with van der Waals surface area (Å²) in [6, 6.07) is 15.5. The summed E-state index contributed by atoms with van der Waals surface area (Å²) in [6.45, 7) is 5.02. The van der Waals surface area contributed by atoms with Crippen molar-refractivity contribution in [1.29, 1.82) is 0 Å². The van der Waals surface area contributed by atoms with E-state index >= 15 is 0 Å². The third kappa shape index (κ3) is 5.49. The normalized spacial score (nSPS) is 11.6. The zero-order valence-corrected chi connectivity index (χ0v) is 15.1. The van der Waals surface area contributed by atoms with Crippen LogP contribution >= 0.6 is 11.8 Å². The first kappa shape index (κ1) is 18.2. The van der Waals surface area contributed by atoms with E-state index in [1.165, 1.54) is 11.8 Å². The van der Waals surface area contributed by atoms with Crippen LogP contribution < -0.4 is 14.8 Å². The molecule has 0 spiro atoms. The lowest BCUT2D eigenvalue weighted by Gasteiger charge is -2.12. The van der Waals surface area contributed by atoms with E-state index in [-0.39, 0.29) is 11.2 Å². The van der Waals surface area contributed by atoms with Gasteiger partial charge in [0, 0.05) is 11.4 Å². The van der Waals surface area contributed by atoms with Crippen LogP contribution in [0.15, 0.2) is 53.4 Å². The Balaban J connectivity index is 1.82. The maximum Gasteiger partial charge on any atom is 0.233 e. The molecule has 2 rings (SSSR count). The topological polar surface area (TPSA) is 47.6 Å². The molecule has 1 atom stereocenters. The van der Waals surface area contributed by atoms with Gasteiger partial charge in [-0.05, 0) is 55.8 Å². The first-order valence-electron chi connectivity index (χ1n) is 7.92. The van der Waals surface area contributed by atoms with Crippen molar-refractivity contribution in [3.8, 4) is 11.5 Å². The van der Waals surface area contributed by atoms with Crippen molar-refractivity contribution in [2.45, 2.75) is 30.5 Å². The van der Waals surface area contributed by atoms with Crippen LogP contribution in [0.25, 0.3) is 0 Å². The molecule has 0 saturated heterocycles. The van der Waals surface area contributed by atoms with Crippen LogP contribution in [-0.4, -0.2) is 24.9 Å². The number of hydrogen-bond acceptors (Lipinski definition) is 4. The Kier molecular flexibility index (Phi) is 7.00. The predicted molar refractivity (Wildman–Crippen MR) is 97.8 cm³/mol. The van der Waals surface area contributed by atoms with Gasteiger partial charge in [-0.15, -0.1) is 11.8 Å². The smallest absolute Gasteiger partial charge is 0.233 e. The minimum absolute atomic E-state index is 0.0182. The van der Waals surface area contributed by atoms with E-state index in [0.717, 1.165) is 22.0 Å². The number of carbonyl (C=O) groups excluding carboxylic acids is 1. The highest BCUT2D eigenvalue weighted by Crippen LogP contribution is 2.25. The summed E-state index contributed by atoms with van der Waals surface area (Å²) in [7, 11) is 1.64. The van der Waals surface area contributed by atoms with Crippen LogP contribution in [0.3, 0.4) is 0 Å². The van der Waals surface area contributed by atoms with Gasteiger partial charge in [0.1, 0.15) is 11.5 Å². The van der Waals surface area contributed by atoms with Crippen molar-refractivity contribution in [2.75, 3.05) is 13.7 Å². The maximum atomic E-state index is 12.2. The lowest BCUT2D eigenvalue weighted by Crippen LogP contribution is -2.30. The molecule has 0 fully saturated rings. The van der Waals surface area contributed by atoms with Crippen LogP contribution in [0.4, 0.5) is 0 Å². The van der Waals surface area contributed by atoms with E-state index in [9.17, 15) is 4.79 Å². The highest BCUT2D eigenvalue weighted by atomic mass is 32.2. The molecule has 0 heterocycles. The number of hydrogen-bond donors (Lipinski definition) is 1. The number of amides is 1. The molecule has 0 aliphatic carbocycles. The molecule has 0 unspecified atom stereocenters. The maximum absolute atomic E-state index is 12.2. The molecule has 0 bridgehead atoms. The van der Waals surface area contributed by atoms with Crippen LogP contribution in [-0.2, 0) is 11.3 Å². The van der Waals surface area contributed by atoms with Gasteiger partial charge in [0.2, 0.25) is 5.91 Å². The summed E-state index contributed by atoms with van der Waals surface area (Å²) in [5.74, 6) is 1.67. The van der Waals surface area contributed by atoms with Crippen LogP contribution in [0, 0.1) is 0 Å². The molecule has 4 nitrogen and oxygen atoms in total. The first-order valence-corrected chi connectivity index (χ1v) is 8.80. The molecular weight excluding hydrogens is 322 g/mol. The van der Waals surface area contributed by atoms with Gasteiger partial charge in [0.15, 0.2) is 0 Å². The monoisotopic (exact) mass is 345 g/mol. The number of ether oxygens (including phenoxy) is 2. The van der Waals surface area contributed by atoms with E-state index in [1.807, 2.05) is 62.4 Å². The number of thioether (sulfide) groups is 1. The van der Waals surface area contributed by atoms with Crippen molar-refractivity contribution in [1.82, 2.24) is 5.32 Å². The zero-order valence-electron chi connectivity index (χ0n) is 14.2. The molecule has 0 radical (unpaired) electrons. The highest BCUT2D eigenvalue weighted by molar-refractivity contribution is 8.00. The SMILES string of the molecule is CCOc1ccc(CNC(=O)[C@@H](C)Sc2ccc(OC)cc2)cc1. The van der Waals surface area contributed by atoms with Crippen molar-refractivity contribution in [3.63, 3.8) is 0 Å². The standard InChI is InChI=1S/C19H23NO3S/c1-4-23-17-7-5-15(6-8-17)13-20-19(21)14(2)24-18-11-9-16(22-3)10-12-18/h5-12,14H,4,13H2,1-3H3,(H,20,21)/t14-/m1/s1. The van der Waals surface area contributed by atoms with E-state index in [2.05, 4.69) is 5.32 Å². The van der Waals surface area contributed by atoms with E-state index in [1.54, 1.807) is 7.11 Å². The number of rotatable bonds is 8. The van der Waals surface area contributed by atoms with E-state index in [0.29, 0.717) is 13.2 Å². The molecule has 0 aliphatic rings. The van der Waals surface area contributed by atoms with Gasteiger partial charge in [-0.3, -0.25) is 4.79 Å². The molecule has 1 N–H and O–H groups in total. The molecule has 1 amide bonds. The molecule has 128 valence electrons. The van der Waals surface area contributed by atoms with Crippen molar-refractivity contribution >= 4 is 17.7 Å². The van der Waals surface area contributed by atoms with Gasteiger partial charge in [-0.1, -0.05) is 12.1 Å². The molecule has 2 aromatic carbocycles. The molecular formula is C19H23NO3S. The fourth-order valence-electron chi connectivity index (χ4n) is 2.12. The quantitative estimate of drug-likeness (QED) is 0.737. The number of benzene rings is 2. The fourth-order valence-corrected chi connectivity index (χ4v) is 3.01. The Labute approximate surface area is 147 Å². The van der Waals surface area contributed by atoms with Gasteiger partial charge < -0.3 is 14.8 Å². The molecule has 0 aliphatic heterocycles. The summed E-state index contributed by atoms with van der Waals surface area (Å²) < 4.78 is 10.5. The largest absolute Gasteiger partial charge is 0.497 e. The lowest BCUT2D eigenvalue weighted by molar-refractivity contribution is -0.120. The second-order valence-corrected chi connectivity index (χ2v) is 6.64. The summed E-state index contributed by atoms with van der Waals surface area (Å²) >= 11 is 1.53. The van der Waals surface area contributed by atoms with Gasteiger partial charge in [0.25, 0.3) is 0 Å². The van der Waals surface area contributed by atoms with E-state index in [4.69, 9.17) is 9.47 Å². The second kappa shape index (κ2) is 9.23. The third-order valence-electron chi connectivity index (χ3n) is 3.44. The summed E-state index contributed by atoms with van der Waals surface area (Å²) in [4.78, 5) is 13.3. The number of nitrogens with one attached hydrogen (secondary N) is 1. The Bertz CT molecular complexity index is 641. The van der Waals surface area contributed by atoms with Gasteiger partial charge in [0.05, 0.1) is 19.0 Å². The molecule has 0 aromatic heterocycles. The summed E-state index contributed by atoms with van der Waals surface area (Å²) in [5, 5.41) is 2.80. The third-order valence-corrected chi connectivity index (χ3v) is 4.55. The zero-order chi connectivity index (χ0) is 17.4. The minimum atomic E-state index is -0.166. The first-order chi connectivity index (χ1) is 11.6. The van der Waals surface area contributed by atoms with Crippen molar-refractivity contribution in [2.24, 2.45) is 0 Å². The molecule has 0 saturated carbocycles. The Hall–Kier alpha value is -2.14. The molecule has 5 heteroatoms. The van der Waals surface area contributed by atoms with Gasteiger partial charge in [-0.2, -0.15) is 0 Å². The molecule has 24 heavy (non-hydrogen) atoms. The minimum Gasteiger partial charge on any atom is -0.497 e. The average Bonchev–Trinajstić information content (AvgIpc) is 2.61. The van der Waals surface area contributed by atoms with Crippen molar-refractivity contribution < 1.29 is 14.3 Å². The van der Waals surface area contributed by atoms with E-state index < -0.39 is 0 Å². The Morgan fingerprint density at radius 3 is 2.29 bits per heavy atom. The van der Waals surface area contributed by atoms with Crippen LogP contribution in [0.5, 0.6) is 11.5 Å². The lowest BCUT2D eigenvalue weighted by atomic mass is 10.2. The highest BCUT2D eigenvalue weighted by Gasteiger charge is 2.14. The number of carbonyl (C=O) groups is 1. The average molecular weight is 345 g/mol. The molecule has 2 aromatic rings. The second-order valence-electron chi connectivity index (χ2n) is 5.23. The van der Waals surface area contributed by atoms with Crippen molar-refractivity contribution in [3.05, 3.63) is 54.1 Å². The Morgan fingerprint density at radius 1 is 1.08 bits per heavy atom. The van der Waals surface area contributed by atoms with Gasteiger partial charge >= 0.3 is 0 Å². The Morgan fingerprint density at radius 2 is 1.71 bits per heavy atom. The summed E-state index contributed by atoms with van der Waals surface area (Å²) in [6.07, 6.45) is 0. The predicted octanol–water partition coefficient (Wildman–Crippen LogP) is 3.89. The van der Waals surface area contributed by atoms with Crippen LogP contribution in [0.1, 0.15) is 19.4 Å². The van der Waals surface area contributed by atoms with Crippen LogP contribution in [0.2, 0.25) is 0 Å². The number of methoxy groups -OCH3 is 1.